The first-order valence-corrected chi connectivity index (χ1v) is 8.52. The lowest BCUT2D eigenvalue weighted by Crippen LogP contribution is -2.46. The second-order valence-corrected chi connectivity index (χ2v) is 7.02. The zero-order valence-electron chi connectivity index (χ0n) is 12.5. The van der Waals surface area contributed by atoms with Crippen molar-refractivity contribution in [1.29, 1.82) is 0 Å². The molecule has 0 aliphatic carbocycles. The third-order valence-electron chi connectivity index (χ3n) is 3.95. The maximum absolute atomic E-state index is 6.23. The standard InChI is InChI=1S/C16H20ClN3S/c1-12-3-4-15(9-16(12)17)20-7-5-19(6-8-20)10-14-11-21-13(2)18-14/h3-4,9,11H,5-8,10H2,1-2H3. The summed E-state index contributed by atoms with van der Waals surface area (Å²) in [6.45, 7) is 9.30. The molecule has 0 saturated carbocycles. The molecule has 0 bridgehead atoms. The van der Waals surface area contributed by atoms with E-state index in [1.807, 2.05) is 6.92 Å². The maximum atomic E-state index is 6.23. The predicted molar refractivity (Wildman–Crippen MR) is 90.5 cm³/mol. The van der Waals surface area contributed by atoms with Gasteiger partial charge in [-0.2, -0.15) is 0 Å². The number of piperazine rings is 1. The van der Waals surface area contributed by atoms with Crippen molar-refractivity contribution in [3.8, 4) is 0 Å². The van der Waals surface area contributed by atoms with Crippen LogP contribution < -0.4 is 4.90 Å². The van der Waals surface area contributed by atoms with Crippen LogP contribution in [0.15, 0.2) is 23.6 Å². The van der Waals surface area contributed by atoms with E-state index in [0.29, 0.717) is 0 Å². The third-order valence-corrected chi connectivity index (χ3v) is 5.17. The Kier molecular flexibility index (Phi) is 4.48. The van der Waals surface area contributed by atoms with Gasteiger partial charge in [0.2, 0.25) is 0 Å². The smallest absolute Gasteiger partial charge is 0.0897 e. The fourth-order valence-corrected chi connectivity index (χ4v) is 3.43. The van der Waals surface area contributed by atoms with Crippen molar-refractivity contribution >= 4 is 28.6 Å². The van der Waals surface area contributed by atoms with Crippen LogP contribution in [0.4, 0.5) is 5.69 Å². The molecule has 1 aromatic heterocycles. The quantitative estimate of drug-likeness (QED) is 0.858. The summed E-state index contributed by atoms with van der Waals surface area (Å²) in [4.78, 5) is 9.43. The first kappa shape index (κ1) is 14.8. The molecule has 0 unspecified atom stereocenters. The number of benzene rings is 1. The topological polar surface area (TPSA) is 19.4 Å². The molecule has 5 heteroatoms. The number of rotatable bonds is 3. The Morgan fingerprint density at radius 1 is 1.19 bits per heavy atom. The van der Waals surface area contributed by atoms with Crippen LogP contribution >= 0.6 is 22.9 Å². The van der Waals surface area contributed by atoms with Crippen molar-refractivity contribution in [3.05, 3.63) is 44.9 Å². The summed E-state index contributed by atoms with van der Waals surface area (Å²) in [7, 11) is 0. The summed E-state index contributed by atoms with van der Waals surface area (Å²) in [5.74, 6) is 0. The minimum atomic E-state index is 0.855. The van der Waals surface area contributed by atoms with Crippen molar-refractivity contribution in [2.24, 2.45) is 0 Å². The number of aromatic nitrogens is 1. The van der Waals surface area contributed by atoms with Gasteiger partial charge in [0.25, 0.3) is 0 Å². The molecule has 2 heterocycles. The van der Waals surface area contributed by atoms with E-state index in [4.69, 9.17) is 11.6 Å². The second-order valence-electron chi connectivity index (χ2n) is 5.55. The Balaban J connectivity index is 1.58. The lowest BCUT2D eigenvalue weighted by molar-refractivity contribution is 0.247. The van der Waals surface area contributed by atoms with Gasteiger partial charge in [-0.3, -0.25) is 4.90 Å². The number of aryl methyl sites for hydroxylation is 2. The Hall–Kier alpha value is -1.10. The zero-order valence-corrected chi connectivity index (χ0v) is 14.0. The van der Waals surface area contributed by atoms with Gasteiger partial charge >= 0.3 is 0 Å². The molecule has 1 aliphatic rings. The van der Waals surface area contributed by atoms with E-state index < -0.39 is 0 Å². The summed E-state index contributed by atoms with van der Waals surface area (Å²) in [6, 6.07) is 6.35. The molecule has 0 spiro atoms. The molecule has 1 aliphatic heterocycles. The Morgan fingerprint density at radius 3 is 2.57 bits per heavy atom. The van der Waals surface area contributed by atoms with E-state index in [1.54, 1.807) is 11.3 Å². The summed E-state index contributed by atoms with van der Waals surface area (Å²) in [5.41, 5.74) is 3.57. The van der Waals surface area contributed by atoms with Crippen LogP contribution in [0.1, 0.15) is 16.3 Å². The van der Waals surface area contributed by atoms with Gasteiger partial charge in [0, 0.05) is 48.8 Å². The van der Waals surface area contributed by atoms with Crippen LogP contribution in [0.25, 0.3) is 0 Å². The number of nitrogens with zero attached hydrogens (tertiary/aromatic N) is 3. The van der Waals surface area contributed by atoms with E-state index in [9.17, 15) is 0 Å². The number of hydrogen-bond acceptors (Lipinski definition) is 4. The molecule has 21 heavy (non-hydrogen) atoms. The highest BCUT2D eigenvalue weighted by molar-refractivity contribution is 7.09. The van der Waals surface area contributed by atoms with Gasteiger partial charge in [0.1, 0.15) is 0 Å². The molecule has 1 aromatic carbocycles. The molecule has 2 aromatic rings. The monoisotopic (exact) mass is 321 g/mol. The Labute approximate surface area is 135 Å². The minimum absolute atomic E-state index is 0.855. The van der Waals surface area contributed by atoms with Crippen LogP contribution in [0, 0.1) is 13.8 Å². The van der Waals surface area contributed by atoms with Gasteiger partial charge in [0.15, 0.2) is 0 Å². The molecule has 3 rings (SSSR count). The number of thiazole rings is 1. The van der Waals surface area contributed by atoms with Crippen LogP contribution in [0.5, 0.6) is 0 Å². The number of hydrogen-bond donors (Lipinski definition) is 0. The molecule has 0 N–H and O–H groups in total. The molecule has 0 atom stereocenters. The average molecular weight is 322 g/mol. The molecule has 0 radical (unpaired) electrons. The van der Waals surface area contributed by atoms with Crippen LogP contribution in [-0.4, -0.2) is 36.1 Å². The van der Waals surface area contributed by atoms with E-state index in [-0.39, 0.29) is 0 Å². The van der Waals surface area contributed by atoms with Crippen LogP contribution in [0.3, 0.4) is 0 Å². The first-order chi connectivity index (χ1) is 10.1. The highest BCUT2D eigenvalue weighted by atomic mass is 35.5. The SMILES string of the molecule is Cc1nc(CN2CCN(c3ccc(C)c(Cl)c3)CC2)cs1. The van der Waals surface area contributed by atoms with E-state index in [0.717, 1.165) is 48.3 Å². The lowest BCUT2D eigenvalue weighted by atomic mass is 10.2. The highest BCUT2D eigenvalue weighted by Crippen LogP contribution is 2.24. The fourth-order valence-electron chi connectivity index (χ4n) is 2.65. The third kappa shape index (κ3) is 3.57. The van der Waals surface area contributed by atoms with Gasteiger partial charge in [-0.05, 0) is 31.5 Å². The largest absolute Gasteiger partial charge is 0.369 e. The summed E-state index contributed by atoms with van der Waals surface area (Å²) in [5, 5.41) is 4.17. The fraction of sp³-hybridized carbons (Fsp3) is 0.438. The van der Waals surface area contributed by atoms with E-state index in [2.05, 4.69) is 45.3 Å². The average Bonchev–Trinajstić information content (AvgIpc) is 2.88. The van der Waals surface area contributed by atoms with Crippen LogP contribution in [-0.2, 0) is 6.54 Å². The summed E-state index contributed by atoms with van der Waals surface area (Å²) >= 11 is 7.96. The molecular formula is C16H20ClN3S. The summed E-state index contributed by atoms with van der Waals surface area (Å²) in [6.07, 6.45) is 0. The van der Waals surface area contributed by atoms with Crippen molar-refractivity contribution in [1.82, 2.24) is 9.88 Å². The van der Waals surface area contributed by atoms with Gasteiger partial charge in [-0.1, -0.05) is 17.7 Å². The van der Waals surface area contributed by atoms with Crippen molar-refractivity contribution in [3.63, 3.8) is 0 Å². The molecule has 1 fully saturated rings. The molecule has 3 nitrogen and oxygen atoms in total. The summed E-state index contributed by atoms with van der Waals surface area (Å²) < 4.78 is 0. The highest BCUT2D eigenvalue weighted by Gasteiger charge is 2.18. The van der Waals surface area contributed by atoms with Gasteiger partial charge < -0.3 is 4.90 Å². The Morgan fingerprint density at radius 2 is 1.95 bits per heavy atom. The van der Waals surface area contributed by atoms with E-state index >= 15 is 0 Å². The van der Waals surface area contributed by atoms with Crippen LogP contribution in [0.2, 0.25) is 5.02 Å². The van der Waals surface area contributed by atoms with E-state index in [1.165, 1.54) is 11.4 Å². The lowest BCUT2D eigenvalue weighted by Gasteiger charge is -2.36. The second kappa shape index (κ2) is 6.34. The predicted octanol–water partition coefficient (Wildman–Crippen LogP) is 3.74. The normalized spacial score (nSPS) is 16.4. The van der Waals surface area contributed by atoms with Crippen molar-refractivity contribution < 1.29 is 0 Å². The van der Waals surface area contributed by atoms with Gasteiger partial charge in [0.05, 0.1) is 10.7 Å². The molecule has 1 saturated heterocycles. The van der Waals surface area contributed by atoms with Crippen molar-refractivity contribution in [2.45, 2.75) is 20.4 Å². The first-order valence-electron chi connectivity index (χ1n) is 7.26. The zero-order chi connectivity index (χ0) is 14.8. The molecule has 112 valence electrons. The molecular weight excluding hydrogens is 302 g/mol. The maximum Gasteiger partial charge on any atom is 0.0897 e. The number of anilines is 1. The van der Waals surface area contributed by atoms with Gasteiger partial charge in [-0.15, -0.1) is 11.3 Å². The Bertz CT molecular complexity index is 618. The van der Waals surface area contributed by atoms with Gasteiger partial charge in [-0.25, -0.2) is 4.98 Å². The molecule has 0 amide bonds. The number of halogens is 1. The van der Waals surface area contributed by atoms with Crippen molar-refractivity contribution in [2.75, 3.05) is 31.1 Å². The minimum Gasteiger partial charge on any atom is -0.369 e.